The summed E-state index contributed by atoms with van der Waals surface area (Å²) in [5.41, 5.74) is 3.74. The van der Waals surface area contributed by atoms with Crippen molar-refractivity contribution in [2.75, 3.05) is 11.1 Å². The van der Waals surface area contributed by atoms with Crippen LogP contribution in [0.3, 0.4) is 0 Å². The van der Waals surface area contributed by atoms with E-state index < -0.39 is 10.0 Å². The highest BCUT2D eigenvalue weighted by Gasteiger charge is 2.30. The van der Waals surface area contributed by atoms with Gasteiger partial charge in [-0.2, -0.15) is 5.10 Å². The average Bonchev–Trinajstić information content (AvgIpc) is 3.66. The summed E-state index contributed by atoms with van der Waals surface area (Å²) in [6.45, 7) is 0.284. The molecule has 0 bridgehead atoms. The van der Waals surface area contributed by atoms with Gasteiger partial charge in [0.05, 0.1) is 11.3 Å². The van der Waals surface area contributed by atoms with Crippen LogP contribution in [0, 0.1) is 11.8 Å². The van der Waals surface area contributed by atoms with Crippen LogP contribution in [0.4, 0.5) is 5.82 Å². The maximum Gasteiger partial charge on any atom is 0.228 e. The van der Waals surface area contributed by atoms with Gasteiger partial charge >= 0.3 is 0 Å². The summed E-state index contributed by atoms with van der Waals surface area (Å²) in [7, 11) is -3.23. The number of nitrogens with zero attached hydrogens (tertiary/aromatic N) is 1. The number of sulfonamides is 1. The number of hydrogen-bond donors (Lipinski definition) is 3. The molecule has 3 N–H and O–H groups in total. The second-order valence-corrected chi connectivity index (χ2v) is 10.2. The van der Waals surface area contributed by atoms with E-state index in [1.807, 2.05) is 42.5 Å². The van der Waals surface area contributed by atoms with Crippen LogP contribution < -0.4 is 10.0 Å². The lowest BCUT2D eigenvalue weighted by atomic mass is 10.0. The first-order chi connectivity index (χ1) is 14.5. The minimum Gasteiger partial charge on any atom is -0.308 e. The van der Waals surface area contributed by atoms with Gasteiger partial charge in [0, 0.05) is 17.8 Å². The fourth-order valence-corrected chi connectivity index (χ4v) is 5.02. The van der Waals surface area contributed by atoms with Gasteiger partial charge in [0.15, 0.2) is 5.82 Å². The number of amides is 1. The number of carbonyl (C=O) groups is 1. The molecule has 5 rings (SSSR count). The van der Waals surface area contributed by atoms with Gasteiger partial charge < -0.3 is 5.32 Å². The molecule has 156 valence electrons. The summed E-state index contributed by atoms with van der Waals surface area (Å²) < 4.78 is 27.0. The Hall–Kier alpha value is -2.71. The second kappa shape index (κ2) is 7.52. The van der Waals surface area contributed by atoms with Crippen LogP contribution in [0.15, 0.2) is 42.5 Å². The van der Waals surface area contributed by atoms with E-state index in [1.165, 1.54) is 0 Å². The molecule has 1 amide bonds. The molecule has 2 saturated carbocycles. The summed E-state index contributed by atoms with van der Waals surface area (Å²) in [6, 6.07) is 13.8. The van der Waals surface area contributed by atoms with Crippen LogP contribution in [0.5, 0.6) is 0 Å². The van der Waals surface area contributed by atoms with E-state index in [0.29, 0.717) is 11.7 Å². The van der Waals surface area contributed by atoms with Crippen LogP contribution in [-0.2, 0) is 21.4 Å². The standard InChI is InChI=1S/C22H24N4O3S/c27-22(16-6-7-16)24-21-19-9-8-18(11-20(19)25-26-21)17-3-1-2-15(10-17)12-23-30(28,29)13-14-4-5-14/h1-3,8-11,14,16,23H,4-7,12-13H2,(H2,24,25,26,27). The van der Waals surface area contributed by atoms with Crippen LogP contribution in [0.2, 0.25) is 0 Å². The highest BCUT2D eigenvalue weighted by molar-refractivity contribution is 7.89. The molecule has 7 nitrogen and oxygen atoms in total. The molecule has 3 aromatic rings. The van der Waals surface area contributed by atoms with Crippen LogP contribution in [0.25, 0.3) is 22.0 Å². The molecule has 1 aromatic heterocycles. The first-order valence-electron chi connectivity index (χ1n) is 10.3. The van der Waals surface area contributed by atoms with Crippen molar-refractivity contribution in [3.63, 3.8) is 0 Å². The third-order valence-electron chi connectivity index (χ3n) is 5.66. The molecular formula is C22H24N4O3S. The maximum atomic E-state index is 12.1. The van der Waals surface area contributed by atoms with Crippen LogP contribution in [-0.4, -0.2) is 30.3 Å². The lowest BCUT2D eigenvalue weighted by molar-refractivity contribution is -0.117. The number of aromatic nitrogens is 2. The van der Waals surface area contributed by atoms with Crippen molar-refractivity contribution >= 4 is 32.7 Å². The number of rotatable bonds is 8. The lowest BCUT2D eigenvalue weighted by Crippen LogP contribution is -2.26. The van der Waals surface area contributed by atoms with Crippen molar-refractivity contribution in [1.82, 2.24) is 14.9 Å². The predicted molar refractivity (Wildman–Crippen MR) is 116 cm³/mol. The minimum absolute atomic E-state index is 0.0318. The summed E-state index contributed by atoms with van der Waals surface area (Å²) >= 11 is 0. The van der Waals surface area contributed by atoms with E-state index in [1.54, 1.807) is 0 Å². The van der Waals surface area contributed by atoms with Crippen molar-refractivity contribution in [3.8, 4) is 11.1 Å². The number of anilines is 1. The van der Waals surface area contributed by atoms with E-state index in [0.717, 1.165) is 53.3 Å². The van der Waals surface area contributed by atoms with E-state index in [9.17, 15) is 13.2 Å². The van der Waals surface area contributed by atoms with Crippen molar-refractivity contribution in [3.05, 3.63) is 48.0 Å². The summed E-state index contributed by atoms with van der Waals surface area (Å²) in [5, 5.41) is 11.0. The third kappa shape index (κ3) is 4.39. The summed E-state index contributed by atoms with van der Waals surface area (Å²) in [5.74, 6) is 1.27. The molecule has 0 saturated heterocycles. The number of H-pyrrole nitrogens is 1. The lowest BCUT2D eigenvalue weighted by Gasteiger charge is -2.08. The number of fused-ring (bicyclic) bond motifs is 1. The zero-order valence-corrected chi connectivity index (χ0v) is 17.3. The number of aromatic amines is 1. The molecule has 1 heterocycles. The number of hydrogen-bond acceptors (Lipinski definition) is 4. The Labute approximate surface area is 175 Å². The average molecular weight is 425 g/mol. The first kappa shape index (κ1) is 19.3. The Bertz CT molecular complexity index is 1210. The SMILES string of the molecule is O=C(Nc1n[nH]c2cc(-c3cccc(CNS(=O)(=O)CC4CC4)c3)ccc12)C1CC1. The Morgan fingerprint density at radius 3 is 2.63 bits per heavy atom. The Morgan fingerprint density at radius 2 is 1.87 bits per heavy atom. The molecule has 0 unspecified atom stereocenters. The quantitative estimate of drug-likeness (QED) is 0.515. The molecule has 0 aliphatic heterocycles. The van der Waals surface area contributed by atoms with Gasteiger partial charge in [-0.3, -0.25) is 9.89 Å². The van der Waals surface area contributed by atoms with E-state index >= 15 is 0 Å². The normalized spacial score (nSPS) is 16.7. The van der Waals surface area contributed by atoms with Crippen LogP contribution >= 0.6 is 0 Å². The number of nitrogens with one attached hydrogen (secondary N) is 3. The van der Waals surface area contributed by atoms with Crippen LogP contribution in [0.1, 0.15) is 31.2 Å². The Morgan fingerprint density at radius 1 is 1.07 bits per heavy atom. The zero-order valence-electron chi connectivity index (χ0n) is 16.5. The molecule has 8 heteroatoms. The Balaban J connectivity index is 1.32. The summed E-state index contributed by atoms with van der Waals surface area (Å²) in [6.07, 6.45) is 3.92. The number of benzene rings is 2. The van der Waals surface area contributed by atoms with E-state index in [4.69, 9.17) is 0 Å². The molecular weight excluding hydrogens is 400 g/mol. The molecule has 2 aromatic carbocycles. The Kier molecular flexibility index (Phi) is 4.83. The van der Waals surface area contributed by atoms with Crippen molar-refractivity contribution in [2.24, 2.45) is 11.8 Å². The fraction of sp³-hybridized carbons (Fsp3) is 0.364. The third-order valence-corrected chi connectivity index (χ3v) is 7.16. The van der Waals surface area contributed by atoms with E-state index in [-0.39, 0.29) is 24.1 Å². The molecule has 30 heavy (non-hydrogen) atoms. The van der Waals surface area contributed by atoms with Crippen molar-refractivity contribution in [2.45, 2.75) is 32.2 Å². The first-order valence-corrected chi connectivity index (χ1v) is 12.0. The largest absolute Gasteiger partial charge is 0.308 e. The van der Waals surface area contributed by atoms with Gasteiger partial charge in [-0.15, -0.1) is 0 Å². The molecule has 0 radical (unpaired) electrons. The molecule has 0 spiro atoms. The number of carbonyl (C=O) groups excluding carboxylic acids is 1. The predicted octanol–water partition coefficient (Wildman–Crippen LogP) is 3.41. The van der Waals surface area contributed by atoms with Crippen molar-refractivity contribution in [1.29, 1.82) is 0 Å². The molecule has 2 aliphatic carbocycles. The van der Waals surface area contributed by atoms with E-state index in [2.05, 4.69) is 20.2 Å². The molecule has 0 atom stereocenters. The van der Waals surface area contributed by atoms with Gasteiger partial charge in [-0.1, -0.05) is 24.3 Å². The topological polar surface area (TPSA) is 104 Å². The monoisotopic (exact) mass is 424 g/mol. The second-order valence-electron chi connectivity index (χ2n) is 8.34. The minimum atomic E-state index is -3.23. The van der Waals surface area contributed by atoms with Gasteiger partial charge in [0.2, 0.25) is 15.9 Å². The van der Waals surface area contributed by atoms with Gasteiger partial charge in [-0.05, 0) is 66.5 Å². The summed E-state index contributed by atoms with van der Waals surface area (Å²) in [4.78, 5) is 12.0. The van der Waals surface area contributed by atoms with Gasteiger partial charge in [0.1, 0.15) is 0 Å². The molecule has 2 aliphatic rings. The zero-order chi connectivity index (χ0) is 20.7. The molecule has 2 fully saturated rings. The van der Waals surface area contributed by atoms with Gasteiger partial charge in [-0.25, -0.2) is 13.1 Å². The highest BCUT2D eigenvalue weighted by Crippen LogP contribution is 2.32. The highest BCUT2D eigenvalue weighted by atomic mass is 32.2. The smallest absolute Gasteiger partial charge is 0.228 e. The van der Waals surface area contributed by atoms with Crippen molar-refractivity contribution < 1.29 is 13.2 Å². The maximum absolute atomic E-state index is 12.1. The fourth-order valence-electron chi connectivity index (χ4n) is 3.57. The van der Waals surface area contributed by atoms with Gasteiger partial charge in [0.25, 0.3) is 0 Å².